The molecule has 9 heteroatoms. The highest BCUT2D eigenvalue weighted by Gasteiger charge is 2.10. The number of carbonyl (C=O) groups is 2. The third kappa shape index (κ3) is 7.06. The predicted molar refractivity (Wildman–Crippen MR) is 118 cm³/mol. The van der Waals surface area contributed by atoms with Crippen LogP contribution >= 0.6 is 0 Å². The Bertz CT molecular complexity index is 1080. The second-order valence-corrected chi connectivity index (χ2v) is 6.98. The Balaban J connectivity index is 1.37. The van der Waals surface area contributed by atoms with E-state index in [1.54, 1.807) is 24.3 Å². The number of nitrogens with one attached hydrogen (secondary N) is 2. The lowest BCUT2D eigenvalue weighted by Crippen LogP contribution is -2.29. The van der Waals surface area contributed by atoms with Crippen molar-refractivity contribution < 1.29 is 19.4 Å². The molecule has 166 valence electrons. The summed E-state index contributed by atoms with van der Waals surface area (Å²) >= 11 is 0. The fourth-order valence-corrected chi connectivity index (χ4v) is 2.89. The van der Waals surface area contributed by atoms with E-state index in [-0.39, 0.29) is 31.2 Å². The molecule has 0 fully saturated rings. The molecule has 0 aliphatic rings. The van der Waals surface area contributed by atoms with Crippen LogP contribution in [0.5, 0.6) is 0 Å². The molecule has 1 aromatic heterocycles. The Labute approximate surface area is 184 Å². The van der Waals surface area contributed by atoms with Crippen LogP contribution in [-0.4, -0.2) is 39.8 Å². The van der Waals surface area contributed by atoms with E-state index in [0.29, 0.717) is 17.7 Å². The number of hydrogen-bond donors (Lipinski definition) is 3. The van der Waals surface area contributed by atoms with E-state index >= 15 is 0 Å². The Kier molecular flexibility index (Phi) is 8.10. The first kappa shape index (κ1) is 22.7. The number of carbonyl (C=O) groups excluding carboxylic acids is 2. The number of anilines is 1. The van der Waals surface area contributed by atoms with Gasteiger partial charge >= 0.3 is 6.09 Å². The second-order valence-electron chi connectivity index (χ2n) is 6.98. The molecule has 0 saturated carbocycles. The molecular weight excluding hydrogens is 412 g/mol. The van der Waals surface area contributed by atoms with E-state index in [1.165, 1.54) is 23.2 Å². The number of amides is 2. The lowest BCUT2D eigenvalue weighted by atomic mass is 10.1. The van der Waals surface area contributed by atoms with Gasteiger partial charge in [-0.15, -0.1) is 0 Å². The molecule has 32 heavy (non-hydrogen) atoms. The predicted octanol–water partition coefficient (Wildman–Crippen LogP) is 1.88. The number of aliphatic hydroxyl groups is 1. The van der Waals surface area contributed by atoms with E-state index in [0.717, 1.165) is 5.56 Å². The van der Waals surface area contributed by atoms with Crippen LogP contribution in [0.2, 0.25) is 0 Å². The van der Waals surface area contributed by atoms with E-state index in [2.05, 4.69) is 15.6 Å². The van der Waals surface area contributed by atoms with Crippen molar-refractivity contribution in [2.75, 3.05) is 18.5 Å². The first-order valence-corrected chi connectivity index (χ1v) is 10.0. The highest BCUT2D eigenvalue weighted by molar-refractivity contribution is 5.90. The van der Waals surface area contributed by atoms with Gasteiger partial charge in [0.05, 0.1) is 25.6 Å². The Morgan fingerprint density at radius 2 is 1.81 bits per heavy atom. The highest BCUT2D eigenvalue weighted by atomic mass is 16.5. The quantitative estimate of drug-likeness (QED) is 0.471. The molecule has 0 aliphatic carbocycles. The fraction of sp³-hybridized carbons (Fsp3) is 0.217. The first-order chi connectivity index (χ1) is 15.5. The molecule has 1 atom stereocenters. The Hall–Kier alpha value is -3.98. The van der Waals surface area contributed by atoms with Crippen LogP contribution in [0.1, 0.15) is 17.2 Å². The van der Waals surface area contributed by atoms with Crippen molar-refractivity contribution in [3.8, 4) is 0 Å². The zero-order chi connectivity index (χ0) is 22.8. The molecule has 0 spiro atoms. The molecule has 0 radical (unpaired) electrons. The molecule has 9 nitrogen and oxygen atoms in total. The number of nitrogens with zero attached hydrogens (tertiary/aromatic N) is 2. The lowest BCUT2D eigenvalue weighted by molar-refractivity contribution is -0.116. The molecule has 0 unspecified atom stereocenters. The van der Waals surface area contributed by atoms with Crippen molar-refractivity contribution in [3.05, 3.63) is 94.7 Å². The minimum Gasteiger partial charge on any atom is -0.449 e. The molecule has 2 amide bonds. The third-order valence-corrected chi connectivity index (χ3v) is 4.59. The van der Waals surface area contributed by atoms with Crippen LogP contribution in [0, 0.1) is 0 Å². The summed E-state index contributed by atoms with van der Waals surface area (Å²) in [5.41, 5.74) is 1.92. The van der Waals surface area contributed by atoms with E-state index in [4.69, 9.17) is 4.74 Å². The summed E-state index contributed by atoms with van der Waals surface area (Å²) in [5, 5.41) is 15.3. The minimum atomic E-state index is -0.803. The van der Waals surface area contributed by atoms with E-state index in [9.17, 15) is 19.5 Å². The number of hydrogen-bond acceptors (Lipinski definition) is 6. The summed E-state index contributed by atoms with van der Waals surface area (Å²) in [5.74, 6) is -0.342. The van der Waals surface area contributed by atoms with Crippen molar-refractivity contribution in [2.24, 2.45) is 0 Å². The largest absolute Gasteiger partial charge is 0.449 e. The maximum atomic E-state index is 12.1. The second kappa shape index (κ2) is 11.4. The molecular formula is C23H24N4O5. The Morgan fingerprint density at radius 1 is 1.06 bits per heavy atom. The molecule has 1 heterocycles. The highest BCUT2D eigenvalue weighted by Crippen LogP contribution is 2.11. The smallest absolute Gasteiger partial charge is 0.407 e. The van der Waals surface area contributed by atoms with Gasteiger partial charge in [0.15, 0.2) is 0 Å². The topological polar surface area (TPSA) is 123 Å². The SMILES string of the molecule is O=C(Cn1cnccc1=O)Nc1ccc(CCOC(=O)NC[C@H](O)c2ccccc2)cc1. The van der Waals surface area contributed by atoms with Crippen LogP contribution < -0.4 is 16.2 Å². The molecule has 3 rings (SSSR count). The van der Waals surface area contributed by atoms with Crippen molar-refractivity contribution in [3.63, 3.8) is 0 Å². The molecule has 3 N–H and O–H groups in total. The molecule has 0 aliphatic heterocycles. The molecule has 0 saturated heterocycles. The zero-order valence-corrected chi connectivity index (χ0v) is 17.3. The zero-order valence-electron chi connectivity index (χ0n) is 17.3. The van der Waals surface area contributed by atoms with E-state index < -0.39 is 12.2 Å². The monoisotopic (exact) mass is 436 g/mol. The molecule has 0 bridgehead atoms. The third-order valence-electron chi connectivity index (χ3n) is 4.59. The normalized spacial score (nSPS) is 11.4. The maximum Gasteiger partial charge on any atom is 0.407 e. The lowest BCUT2D eigenvalue weighted by Gasteiger charge is -2.12. The van der Waals surface area contributed by atoms with Gasteiger partial charge in [0.1, 0.15) is 6.54 Å². The summed E-state index contributed by atoms with van der Waals surface area (Å²) in [4.78, 5) is 39.3. The van der Waals surface area contributed by atoms with E-state index in [1.807, 2.05) is 30.3 Å². The summed E-state index contributed by atoms with van der Waals surface area (Å²) in [6.07, 6.45) is 1.77. The van der Waals surface area contributed by atoms with Crippen molar-refractivity contribution in [2.45, 2.75) is 19.1 Å². The van der Waals surface area contributed by atoms with Gasteiger partial charge in [-0.1, -0.05) is 42.5 Å². The minimum absolute atomic E-state index is 0.0579. The van der Waals surface area contributed by atoms with Crippen LogP contribution in [-0.2, 0) is 22.5 Å². The van der Waals surface area contributed by atoms with Crippen LogP contribution in [0.25, 0.3) is 0 Å². The number of rotatable bonds is 9. The average Bonchev–Trinajstić information content (AvgIpc) is 2.81. The van der Waals surface area contributed by atoms with Crippen LogP contribution in [0.15, 0.2) is 78.0 Å². The van der Waals surface area contributed by atoms with Gasteiger partial charge in [-0.3, -0.25) is 14.2 Å². The number of ether oxygens (including phenoxy) is 1. The van der Waals surface area contributed by atoms with Crippen LogP contribution in [0.4, 0.5) is 10.5 Å². The van der Waals surface area contributed by atoms with Gasteiger partial charge < -0.3 is 20.5 Å². The number of benzene rings is 2. The van der Waals surface area contributed by atoms with Gasteiger partial charge in [0.2, 0.25) is 5.91 Å². The van der Waals surface area contributed by atoms with Gasteiger partial charge in [-0.2, -0.15) is 0 Å². The van der Waals surface area contributed by atoms with Crippen molar-refractivity contribution in [1.29, 1.82) is 0 Å². The fourth-order valence-electron chi connectivity index (χ4n) is 2.89. The standard InChI is InChI=1S/C23H24N4O5/c28-20(18-4-2-1-3-5-18)14-25-23(31)32-13-11-17-6-8-19(9-7-17)26-21(29)15-27-16-24-12-10-22(27)30/h1-10,12,16,20,28H,11,13-15H2,(H,25,31)(H,26,29)/t20-/m0/s1. The van der Waals surface area contributed by atoms with Crippen molar-refractivity contribution in [1.82, 2.24) is 14.9 Å². The van der Waals surface area contributed by atoms with Gasteiger partial charge in [-0.05, 0) is 23.3 Å². The Morgan fingerprint density at radius 3 is 2.53 bits per heavy atom. The number of alkyl carbamates (subject to hydrolysis) is 1. The first-order valence-electron chi connectivity index (χ1n) is 10.0. The summed E-state index contributed by atoms with van der Waals surface area (Å²) < 4.78 is 6.35. The average molecular weight is 436 g/mol. The molecule has 3 aromatic rings. The van der Waals surface area contributed by atoms with Gasteiger partial charge in [0, 0.05) is 24.4 Å². The van der Waals surface area contributed by atoms with Gasteiger partial charge in [-0.25, -0.2) is 9.78 Å². The molecule has 2 aromatic carbocycles. The number of aromatic nitrogens is 2. The number of aliphatic hydroxyl groups excluding tert-OH is 1. The maximum absolute atomic E-state index is 12.1. The van der Waals surface area contributed by atoms with Crippen LogP contribution in [0.3, 0.4) is 0 Å². The summed E-state index contributed by atoms with van der Waals surface area (Å²) in [7, 11) is 0. The summed E-state index contributed by atoms with van der Waals surface area (Å²) in [6.45, 7) is 0.0989. The van der Waals surface area contributed by atoms with Crippen molar-refractivity contribution >= 4 is 17.7 Å². The van der Waals surface area contributed by atoms with Gasteiger partial charge in [0.25, 0.3) is 5.56 Å². The summed E-state index contributed by atoms with van der Waals surface area (Å²) in [6, 6.07) is 17.4.